The maximum absolute atomic E-state index is 12.8. The third kappa shape index (κ3) is 3.40. The second-order valence-electron chi connectivity index (χ2n) is 5.31. The molecule has 0 amide bonds. The first-order valence-electron chi connectivity index (χ1n) is 6.75. The monoisotopic (exact) mass is 349 g/mol. The van der Waals surface area contributed by atoms with Crippen molar-refractivity contribution in [2.75, 3.05) is 13.1 Å². The van der Waals surface area contributed by atoms with E-state index in [4.69, 9.17) is 0 Å². The van der Waals surface area contributed by atoms with E-state index < -0.39 is 14.9 Å². The van der Waals surface area contributed by atoms with Crippen molar-refractivity contribution in [3.05, 3.63) is 33.9 Å². The Morgan fingerprint density at radius 2 is 2.00 bits per heavy atom. The number of benzene rings is 1. The zero-order valence-electron chi connectivity index (χ0n) is 12.6. The first-order chi connectivity index (χ1) is 9.75. The molecule has 0 spiro atoms. The van der Waals surface area contributed by atoms with Crippen LogP contribution in [0.4, 0.5) is 5.69 Å². The summed E-state index contributed by atoms with van der Waals surface area (Å²) in [5.41, 5.74) is 0.300. The molecule has 1 N–H and O–H groups in total. The number of halogens is 1. The number of rotatable bonds is 3. The summed E-state index contributed by atoms with van der Waals surface area (Å²) in [6.07, 6.45) is 0. The highest BCUT2D eigenvalue weighted by molar-refractivity contribution is 7.89. The molecule has 22 heavy (non-hydrogen) atoms. The number of piperazine rings is 1. The fourth-order valence-corrected chi connectivity index (χ4v) is 4.42. The summed E-state index contributed by atoms with van der Waals surface area (Å²) in [7, 11) is -3.74. The molecule has 1 heterocycles. The highest BCUT2D eigenvalue weighted by Crippen LogP contribution is 2.27. The predicted octanol–water partition coefficient (Wildman–Crippen LogP) is 1.70. The molecule has 1 aliphatic heterocycles. The van der Waals surface area contributed by atoms with Crippen LogP contribution in [-0.2, 0) is 10.0 Å². The van der Waals surface area contributed by atoms with E-state index >= 15 is 0 Å². The summed E-state index contributed by atoms with van der Waals surface area (Å²) in [5.74, 6) is 0. The fraction of sp³-hybridized carbons (Fsp3) is 0.538. The van der Waals surface area contributed by atoms with Gasteiger partial charge in [0, 0.05) is 37.3 Å². The number of nitro benzene ring substituents is 1. The van der Waals surface area contributed by atoms with Gasteiger partial charge in [-0.25, -0.2) is 8.42 Å². The number of hydrogen-bond donors (Lipinski definition) is 1. The maximum Gasteiger partial charge on any atom is 0.270 e. The Morgan fingerprint density at radius 3 is 2.59 bits per heavy atom. The number of nitro groups is 1. The van der Waals surface area contributed by atoms with Gasteiger partial charge in [0.2, 0.25) is 10.0 Å². The average molecular weight is 350 g/mol. The quantitative estimate of drug-likeness (QED) is 0.662. The molecular formula is C13H20ClN3O4S. The third-order valence-corrected chi connectivity index (χ3v) is 6.07. The number of non-ortho nitro benzene ring substituents is 1. The minimum atomic E-state index is -3.74. The molecule has 0 saturated carbocycles. The second-order valence-corrected chi connectivity index (χ2v) is 7.17. The average Bonchev–Trinajstić information content (AvgIpc) is 2.41. The standard InChI is InChI=1S/C13H19N3O4S.ClH/c1-9-4-5-12(16(17)18)8-13(9)21(19,20)15-7-6-14-10(2)11(15)3;/h4-5,8,10-11,14H,6-7H2,1-3H3;1H. The van der Waals surface area contributed by atoms with Gasteiger partial charge in [0.15, 0.2) is 0 Å². The Labute approximate surface area is 136 Å². The molecule has 0 bridgehead atoms. The largest absolute Gasteiger partial charge is 0.311 e. The molecule has 1 saturated heterocycles. The van der Waals surface area contributed by atoms with Crippen LogP contribution in [0.5, 0.6) is 0 Å². The third-order valence-electron chi connectivity index (χ3n) is 3.95. The summed E-state index contributed by atoms with van der Waals surface area (Å²) in [4.78, 5) is 10.3. The molecule has 2 unspecified atom stereocenters. The van der Waals surface area contributed by atoms with E-state index in [0.717, 1.165) is 6.07 Å². The Balaban J connectivity index is 0.00000242. The molecule has 124 valence electrons. The molecule has 2 rings (SSSR count). The van der Waals surface area contributed by atoms with Crippen LogP contribution in [0.25, 0.3) is 0 Å². The topological polar surface area (TPSA) is 92.5 Å². The Morgan fingerprint density at radius 1 is 1.36 bits per heavy atom. The zero-order chi connectivity index (χ0) is 15.8. The zero-order valence-corrected chi connectivity index (χ0v) is 14.3. The maximum atomic E-state index is 12.8. The van der Waals surface area contributed by atoms with E-state index in [2.05, 4.69) is 5.32 Å². The van der Waals surface area contributed by atoms with Crippen molar-refractivity contribution in [1.82, 2.24) is 9.62 Å². The lowest BCUT2D eigenvalue weighted by Gasteiger charge is -2.37. The van der Waals surface area contributed by atoms with Crippen molar-refractivity contribution in [2.45, 2.75) is 37.8 Å². The number of aryl methyl sites for hydroxylation is 1. The highest BCUT2D eigenvalue weighted by atomic mass is 35.5. The van der Waals surface area contributed by atoms with Gasteiger partial charge in [0.1, 0.15) is 0 Å². The van der Waals surface area contributed by atoms with Gasteiger partial charge in [-0.05, 0) is 26.3 Å². The van der Waals surface area contributed by atoms with Crippen LogP contribution in [0, 0.1) is 17.0 Å². The minimum absolute atomic E-state index is 0. The second kappa shape index (κ2) is 6.91. The van der Waals surface area contributed by atoms with Crippen molar-refractivity contribution < 1.29 is 13.3 Å². The SMILES string of the molecule is Cc1ccc([N+](=O)[O-])cc1S(=O)(=O)N1CCNC(C)C1C.Cl. The Bertz CT molecular complexity index is 665. The van der Waals surface area contributed by atoms with Crippen LogP contribution in [0.3, 0.4) is 0 Å². The number of nitrogens with zero attached hydrogens (tertiary/aromatic N) is 2. The molecule has 0 radical (unpaired) electrons. The van der Waals surface area contributed by atoms with E-state index in [9.17, 15) is 18.5 Å². The van der Waals surface area contributed by atoms with Crippen LogP contribution < -0.4 is 5.32 Å². The molecule has 2 atom stereocenters. The molecule has 1 aromatic rings. The molecule has 1 fully saturated rings. The number of sulfonamides is 1. The van der Waals surface area contributed by atoms with Crippen molar-refractivity contribution in [3.63, 3.8) is 0 Å². The lowest BCUT2D eigenvalue weighted by atomic mass is 10.1. The Kier molecular flexibility index (Phi) is 5.91. The van der Waals surface area contributed by atoms with Crippen molar-refractivity contribution in [1.29, 1.82) is 0 Å². The van der Waals surface area contributed by atoms with E-state index in [0.29, 0.717) is 18.7 Å². The van der Waals surface area contributed by atoms with Gasteiger partial charge < -0.3 is 5.32 Å². The van der Waals surface area contributed by atoms with Crippen LogP contribution in [0.1, 0.15) is 19.4 Å². The molecule has 1 aromatic carbocycles. The predicted molar refractivity (Wildman–Crippen MR) is 85.9 cm³/mol. The number of nitrogens with one attached hydrogen (secondary N) is 1. The summed E-state index contributed by atoms with van der Waals surface area (Å²) in [6, 6.07) is 3.76. The molecular weight excluding hydrogens is 330 g/mol. The van der Waals surface area contributed by atoms with Crippen LogP contribution >= 0.6 is 12.4 Å². The summed E-state index contributed by atoms with van der Waals surface area (Å²) in [6.45, 7) is 6.33. The van der Waals surface area contributed by atoms with E-state index in [1.807, 2.05) is 13.8 Å². The van der Waals surface area contributed by atoms with E-state index in [1.54, 1.807) is 6.92 Å². The van der Waals surface area contributed by atoms with Crippen molar-refractivity contribution in [3.8, 4) is 0 Å². The van der Waals surface area contributed by atoms with Crippen LogP contribution in [0.15, 0.2) is 23.1 Å². The summed E-state index contributed by atoms with van der Waals surface area (Å²) >= 11 is 0. The molecule has 7 nitrogen and oxygen atoms in total. The first kappa shape index (κ1) is 18.8. The molecule has 0 aromatic heterocycles. The smallest absolute Gasteiger partial charge is 0.270 e. The van der Waals surface area contributed by atoms with E-state index in [1.165, 1.54) is 16.4 Å². The van der Waals surface area contributed by atoms with Crippen LogP contribution in [-0.4, -0.2) is 42.8 Å². The van der Waals surface area contributed by atoms with Gasteiger partial charge >= 0.3 is 0 Å². The molecule has 9 heteroatoms. The molecule has 0 aliphatic carbocycles. The van der Waals surface area contributed by atoms with Gasteiger partial charge in [-0.3, -0.25) is 10.1 Å². The summed E-state index contributed by atoms with van der Waals surface area (Å²) < 4.78 is 27.0. The lowest BCUT2D eigenvalue weighted by Crippen LogP contribution is -2.57. The van der Waals surface area contributed by atoms with Crippen molar-refractivity contribution >= 4 is 28.1 Å². The minimum Gasteiger partial charge on any atom is -0.311 e. The molecule has 1 aliphatic rings. The normalized spacial score (nSPS) is 22.9. The fourth-order valence-electron chi connectivity index (χ4n) is 2.47. The highest BCUT2D eigenvalue weighted by Gasteiger charge is 2.35. The van der Waals surface area contributed by atoms with Gasteiger partial charge in [-0.2, -0.15) is 4.31 Å². The van der Waals surface area contributed by atoms with E-state index in [-0.39, 0.29) is 35.1 Å². The van der Waals surface area contributed by atoms with Gasteiger partial charge in [0.25, 0.3) is 5.69 Å². The van der Waals surface area contributed by atoms with Gasteiger partial charge in [-0.15, -0.1) is 12.4 Å². The van der Waals surface area contributed by atoms with Gasteiger partial charge in [0.05, 0.1) is 9.82 Å². The van der Waals surface area contributed by atoms with Gasteiger partial charge in [-0.1, -0.05) is 6.07 Å². The lowest BCUT2D eigenvalue weighted by molar-refractivity contribution is -0.385. The number of hydrogen-bond acceptors (Lipinski definition) is 5. The Hall–Kier alpha value is -1.22. The van der Waals surface area contributed by atoms with Crippen molar-refractivity contribution in [2.24, 2.45) is 0 Å². The van der Waals surface area contributed by atoms with Crippen LogP contribution in [0.2, 0.25) is 0 Å². The summed E-state index contributed by atoms with van der Waals surface area (Å²) in [5, 5.41) is 14.1. The first-order valence-corrected chi connectivity index (χ1v) is 8.19.